The molecule has 0 aliphatic carbocycles. The number of carbonyl (C=O) groups is 3. The molecule has 1 N–H and O–H groups in total. The average molecular weight is 435 g/mol. The summed E-state index contributed by atoms with van der Waals surface area (Å²) in [6.07, 6.45) is 0.596. The van der Waals surface area contributed by atoms with Gasteiger partial charge < -0.3 is 19.7 Å². The van der Waals surface area contributed by atoms with Crippen LogP contribution in [0.4, 0.5) is 5.69 Å². The number of nitrogens with zero attached hydrogens (tertiary/aromatic N) is 4. The first-order valence-electron chi connectivity index (χ1n) is 9.94. The first kappa shape index (κ1) is 21.0. The van der Waals surface area contributed by atoms with Crippen molar-refractivity contribution in [3.05, 3.63) is 72.1 Å². The van der Waals surface area contributed by atoms with Crippen LogP contribution in [-0.2, 0) is 20.9 Å². The van der Waals surface area contributed by atoms with Crippen LogP contribution in [0.15, 0.2) is 60.8 Å². The number of amides is 2. The average Bonchev–Trinajstić information content (AvgIpc) is 3.30. The number of aromatic nitrogens is 3. The maximum Gasteiger partial charge on any atom is 0.361 e. The highest BCUT2D eigenvalue weighted by Gasteiger charge is 2.33. The number of likely N-dealkylation sites (N-methyl/N-ethyl adjacent to an activating group) is 1. The molecule has 1 unspecified atom stereocenters. The lowest BCUT2D eigenvalue weighted by molar-refractivity contribution is -0.128. The van der Waals surface area contributed by atoms with Gasteiger partial charge in [-0.25, -0.2) is 9.48 Å². The summed E-state index contributed by atoms with van der Waals surface area (Å²) < 4.78 is 12.3. The van der Waals surface area contributed by atoms with Crippen LogP contribution in [0.25, 0.3) is 0 Å². The van der Waals surface area contributed by atoms with E-state index in [1.54, 1.807) is 24.3 Å². The monoisotopic (exact) mass is 435 g/mol. The zero-order valence-corrected chi connectivity index (χ0v) is 17.3. The van der Waals surface area contributed by atoms with Crippen LogP contribution in [0.2, 0.25) is 0 Å². The fraction of sp³-hybridized carbons (Fsp3) is 0.227. The minimum atomic E-state index is -0.868. The number of fused-ring (bicyclic) bond motifs is 1. The van der Waals surface area contributed by atoms with Gasteiger partial charge in [-0.1, -0.05) is 47.7 Å². The van der Waals surface area contributed by atoms with Crippen molar-refractivity contribution in [1.82, 2.24) is 20.3 Å². The number of esters is 1. The fourth-order valence-electron chi connectivity index (χ4n) is 3.29. The molecule has 0 bridgehead atoms. The van der Waals surface area contributed by atoms with Gasteiger partial charge in [-0.05, 0) is 17.7 Å². The number of ether oxygens (including phenoxy) is 2. The van der Waals surface area contributed by atoms with Crippen LogP contribution in [0.5, 0.6) is 5.75 Å². The number of hydrogen-bond acceptors (Lipinski definition) is 7. The van der Waals surface area contributed by atoms with Gasteiger partial charge in [0, 0.05) is 7.05 Å². The second-order valence-corrected chi connectivity index (χ2v) is 7.06. The van der Waals surface area contributed by atoms with Crippen LogP contribution in [0.1, 0.15) is 16.1 Å². The minimum Gasteiger partial charge on any atom is -0.477 e. The third-order valence-electron chi connectivity index (χ3n) is 4.88. The van der Waals surface area contributed by atoms with Crippen molar-refractivity contribution in [2.75, 3.05) is 25.1 Å². The molecular weight excluding hydrogens is 414 g/mol. The number of anilines is 1. The summed E-state index contributed by atoms with van der Waals surface area (Å²) in [7, 11) is 1.49. The summed E-state index contributed by atoms with van der Waals surface area (Å²) >= 11 is 0. The number of carbonyl (C=O) groups excluding carboxylic acids is 3. The largest absolute Gasteiger partial charge is 0.477 e. The van der Waals surface area contributed by atoms with Gasteiger partial charge in [-0.15, -0.1) is 5.10 Å². The predicted molar refractivity (Wildman–Crippen MR) is 113 cm³/mol. The summed E-state index contributed by atoms with van der Waals surface area (Å²) in [6, 6.07) is 16.5. The van der Waals surface area contributed by atoms with Crippen LogP contribution >= 0.6 is 0 Å². The van der Waals surface area contributed by atoms with Gasteiger partial charge in [0.15, 0.2) is 18.4 Å². The van der Waals surface area contributed by atoms with Crippen molar-refractivity contribution < 1.29 is 23.9 Å². The number of para-hydroxylation sites is 2. The van der Waals surface area contributed by atoms with Crippen molar-refractivity contribution in [3.8, 4) is 5.75 Å². The zero-order valence-electron chi connectivity index (χ0n) is 17.3. The molecule has 1 atom stereocenters. The molecule has 1 aliphatic rings. The predicted octanol–water partition coefficient (Wildman–Crippen LogP) is 1.02. The van der Waals surface area contributed by atoms with Gasteiger partial charge >= 0.3 is 5.97 Å². The summed E-state index contributed by atoms with van der Waals surface area (Å²) in [4.78, 5) is 38.6. The molecule has 4 rings (SSSR count). The summed E-state index contributed by atoms with van der Waals surface area (Å²) in [6.45, 7) is -0.0645. The second-order valence-electron chi connectivity index (χ2n) is 7.06. The van der Waals surface area contributed by atoms with Gasteiger partial charge in [0.1, 0.15) is 5.75 Å². The number of hydrogen-bond donors (Lipinski definition) is 1. The molecule has 10 heteroatoms. The highest BCUT2D eigenvalue weighted by Crippen LogP contribution is 2.33. The van der Waals surface area contributed by atoms with Gasteiger partial charge in [0.25, 0.3) is 11.8 Å². The van der Waals surface area contributed by atoms with E-state index in [0.717, 1.165) is 5.56 Å². The molecule has 0 saturated heterocycles. The number of benzene rings is 2. The third-order valence-corrected chi connectivity index (χ3v) is 4.88. The van der Waals surface area contributed by atoms with Crippen molar-refractivity contribution in [3.63, 3.8) is 0 Å². The van der Waals surface area contributed by atoms with E-state index in [0.29, 0.717) is 18.0 Å². The van der Waals surface area contributed by atoms with Crippen molar-refractivity contribution >= 4 is 23.5 Å². The quantitative estimate of drug-likeness (QED) is 0.575. The summed E-state index contributed by atoms with van der Waals surface area (Å²) in [5, 5.41) is 10.3. The normalized spacial score (nSPS) is 14.8. The van der Waals surface area contributed by atoms with Crippen LogP contribution < -0.4 is 15.0 Å². The maximum absolute atomic E-state index is 12.8. The van der Waals surface area contributed by atoms with Crippen LogP contribution in [-0.4, -0.2) is 59.1 Å². The van der Waals surface area contributed by atoms with Crippen LogP contribution in [0, 0.1) is 0 Å². The Morgan fingerprint density at radius 1 is 1.12 bits per heavy atom. The van der Waals surface area contributed by atoms with E-state index in [9.17, 15) is 14.4 Å². The molecule has 0 radical (unpaired) electrons. The van der Waals surface area contributed by atoms with E-state index in [1.807, 2.05) is 30.3 Å². The molecule has 2 amide bonds. The topological polar surface area (TPSA) is 116 Å². The van der Waals surface area contributed by atoms with E-state index >= 15 is 0 Å². The molecule has 10 nitrogen and oxygen atoms in total. The highest BCUT2D eigenvalue weighted by atomic mass is 16.5. The lowest BCUT2D eigenvalue weighted by Crippen LogP contribution is -2.51. The zero-order chi connectivity index (χ0) is 22.5. The Labute approximate surface area is 183 Å². The molecule has 1 aromatic heterocycles. The Morgan fingerprint density at radius 2 is 1.88 bits per heavy atom. The number of nitrogens with one attached hydrogen (secondary N) is 1. The summed E-state index contributed by atoms with van der Waals surface area (Å²) in [5.41, 5.74) is 1.51. The molecule has 0 fully saturated rings. The molecule has 32 heavy (non-hydrogen) atoms. The molecule has 164 valence electrons. The van der Waals surface area contributed by atoms with E-state index in [2.05, 4.69) is 15.6 Å². The Hall–Kier alpha value is -4.21. The molecule has 0 spiro atoms. The Balaban J connectivity index is 1.40. The maximum atomic E-state index is 12.8. The third kappa shape index (κ3) is 4.59. The SMILES string of the molecule is CNC(=O)C1CN(C(=O)COC(=O)c2cn(Cc3ccccc3)nn2)c2ccccc2O1. The smallest absolute Gasteiger partial charge is 0.361 e. The van der Waals surface area contributed by atoms with E-state index in [4.69, 9.17) is 9.47 Å². The molecule has 2 heterocycles. The molecule has 2 aromatic carbocycles. The molecular formula is C22H21N5O5. The van der Waals surface area contributed by atoms with Crippen LogP contribution in [0.3, 0.4) is 0 Å². The first-order valence-corrected chi connectivity index (χ1v) is 9.94. The standard InChI is InChI=1S/C22H21N5O5/c1-23-21(29)19-13-27(17-9-5-6-10-18(17)32-19)20(28)14-31-22(30)16-12-26(25-24-16)11-15-7-3-2-4-8-15/h2-10,12,19H,11,13-14H2,1H3,(H,23,29). The van der Waals surface area contributed by atoms with E-state index in [1.165, 1.54) is 22.8 Å². The van der Waals surface area contributed by atoms with Crippen molar-refractivity contribution in [1.29, 1.82) is 0 Å². The lowest BCUT2D eigenvalue weighted by Gasteiger charge is -2.33. The van der Waals surface area contributed by atoms with Gasteiger partial charge in [0.05, 0.1) is 25.0 Å². The Kier molecular flexibility index (Phi) is 6.11. The first-order chi connectivity index (χ1) is 15.5. The fourth-order valence-corrected chi connectivity index (χ4v) is 3.29. The van der Waals surface area contributed by atoms with Gasteiger partial charge in [-0.2, -0.15) is 0 Å². The van der Waals surface area contributed by atoms with Gasteiger partial charge in [-0.3, -0.25) is 9.59 Å². The second kappa shape index (κ2) is 9.29. The highest BCUT2D eigenvalue weighted by molar-refractivity contribution is 5.99. The summed E-state index contributed by atoms with van der Waals surface area (Å²) in [5.74, 6) is -1.21. The number of rotatable bonds is 6. The van der Waals surface area contributed by atoms with Crippen molar-refractivity contribution in [2.24, 2.45) is 0 Å². The van der Waals surface area contributed by atoms with Crippen molar-refractivity contribution in [2.45, 2.75) is 12.6 Å². The Bertz CT molecular complexity index is 1130. The molecule has 0 saturated carbocycles. The van der Waals surface area contributed by atoms with E-state index < -0.39 is 24.6 Å². The van der Waals surface area contributed by atoms with E-state index in [-0.39, 0.29) is 18.1 Å². The Morgan fingerprint density at radius 3 is 2.66 bits per heavy atom. The van der Waals surface area contributed by atoms with Gasteiger partial charge in [0.2, 0.25) is 0 Å². The lowest BCUT2D eigenvalue weighted by atomic mass is 10.1. The molecule has 1 aliphatic heterocycles. The molecule has 3 aromatic rings. The minimum absolute atomic E-state index is 0.000326.